The van der Waals surface area contributed by atoms with Crippen LogP contribution in [0.1, 0.15) is 20.3 Å². The first-order valence-corrected chi connectivity index (χ1v) is 13.4. The van der Waals surface area contributed by atoms with Crippen molar-refractivity contribution in [3.8, 4) is 0 Å². The molecule has 0 fully saturated rings. The van der Waals surface area contributed by atoms with Gasteiger partial charge in [-0.3, -0.25) is 9.69 Å². The minimum absolute atomic E-state index is 0. The van der Waals surface area contributed by atoms with Gasteiger partial charge >= 0.3 is 0 Å². The van der Waals surface area contributed by atoms with E-state index in [1.165, 1.54) is 12.1 Å². The number of halogens is 2. The van der Waals surface area contributed by atoms with E-state index in [9.17, 15) is 9.18 Å². The van der Waals surface area contributed by atoms with Crippen LogP contribution in [0.4, 0.5) is 9.52 Å². The first kappa shape index (κ1) is 26.9. The molecule has 32 heavy (non-hydrogen) atoms. The number of hydrogen-bond donors (Lipinski definition) is 0. The molecule has 4 nitrogen and oxygen atoms in total. The van der Waals surface area contributed by atoms with E-state index >= 15 is 0 Å². The number of carbonyl (C=O) groups excluding carboxylic acids is 1. The monoisotopic (exact) mass is 513 g/mol. The summed E-state index contributed by atoms with van der Waals surface area (Å²) in [5.74, 6) is 0.475. The summed E-state index contributed by atoms with van der Waals surface area (Å²) in [6, 6.07) is 12.6. The second-order valence-electron chi connectivity index (χ2n) is 6.93. The maximum absolute atomic E-state index is 13.2. The normalized spacial score (nSPS) is 11.0. The molecule has 1 aromatic heterocycles. The van der Waals surface area contributed by atoms with Crippen molar-refractivity contribution in [2.45, 2.75) is 30.1 Å². The Morgan fingerprint density at radius 3 is 2.47 bits per heavy atom. The summed E-state index contributed by atoms with van der Waals surface area (Å²) in [6.07, 6.45) is 2.45. The summed E-state index contributed by atoms with van der Waals surface area (Å²) < 4.78 is 14.2. The Bertz CT molecular complexity index is 996. The molecule has 1 heterocycles. The van der Waals surface area contributed by atoms with E-state index < -0.39 is 0 Å². The second-order valence-corrected chi connectivity index (χ2v) is 9.95. The molecular weight excluding hydrogens is 485 g/mol. The SMILES string of the molecule is CCN(CC)CCN(C(=O)CCSc1ccc(F)cc1)c1nc2c(SC)cccc2s1.Cl. The van der Waals surface area contributed by atoms with Crippen molar-refractivity contribution in [1.82, 2.24) is 9.88 Å². The number of carbonyl (C=O) groups is 1. The second kappa shape index (κ2) is 13.4. The number of anilines is 1. The molecule has 9 heteroatoms. The van der Waals surface area contributed by atoms with E-state index in [0.717, 1.165) is 44.8 Å². The van der Waals surface area contributed by atoms with Crippen LogP contribution < -0.4 is 4.90 Å². The molecule has 0 unspecified atom stereocenters. The quantitative estimate of drug-likeness (QED) is 0.276. The van der Waals surface area contributed by atoms with Crippen LogP contribution in [0.3, 0.4) is 0 Å². The first-order chi connectivity index (χ1) is 15.0. The lowest BCUT2D eigenvalue weighted by Gasteiger charge is -2.24. The minimum atomic E-state index is -0.247. The molecule has 0 radical (unpaired) electrons. The Hall–Kier alpha value is -1.32. The highest BCUT2D eigenvalue weighted by molar-refractivity contribution is 7.99. The fourth-order valence-corrected chi connectivity index (χ4v) is 5.73. The number of fused-ring (bicyclic) bond motifs is 1. The van der Waals surface area contributed by atoms with E-state index in [-0.39, 0.29) is 24.1 Å². The molecule has 0 bridgehead atoms. The molecule has 0 aliphatic rings. The van der Waals surface area contributed by atoms with Gasteiger partial charge in [-0.1, -0.05) is 31.3 Å². The highest BCUT2D eigenvalue weighted by Crippen LogP contribution is 2.34. The van der Waals surface area contributed by atoms with Gasteiger partial charge in [0, 0.05) is 35.1 Å². The fourth-order valence-electron chi connectivity index (χ4n) is 3.22. The number of amides is 1. The fraction of sp³-hybridized carbons (Fsp3) is 0.391. The highest BCUT2D eigenvalue weighted by atomic mass is 35.5. The Morgan fingerprint density at radius 2 is 1.81 bits per heavy atom. The van der Waals surface area contributed by atoms with Crippen LogP contribution in [0.15, 0.2) is 52.3 Å². The van der Waals surface area contributed by atoms with Gasteiger partial charge in [-0.05, 0) is 55.7 Å². The van der Waals surface area contributed by atoms with Crippen LogP contribution in [0.5, 0.6) is 0 Å². The van der Waals surface area contributed by atoms with E-state index in [2.05, 4.69) is 30.9 Å². The number of likely N-dealkylation sites (N-methyl/N-ethyl adjacent to an activating group) is 1. The van der Waals surface area contributed by atoms with Gasteiger partial charge in [-0.25, -0.2) is 9.37 Å². The van der Waals surface area contributed by atoms with E-state index in [1.807, 2.05) is 17.2 Å². The molecule has 0 N–H and O–H groups in total. The standard InChI is InChI=1S/C23H28FN3OS3.ClH/c1-4-26(5-2)14-15-27(21(28)13-16-30-18-11-9-17(24)10-12-18)23-25-22-19(29-3)7-6-8-20(22)31-23;/h6-12H,4-5,13-16H2,1-3H3;1H. The molecule has 174 valence electrons. The van der Waals surface area contributed by atoms with Gasteiger partial charge in [-0.15, -0.1) is 35.9 Å². The summed E-state index contributed by atoms with van der Waals surface area (Å²) in [5.41, 5.74) is 0.969. The number of thioether (sulfide) groups is 2. The molecule has 1 amide bonds. The molecule has 3 aromatic rings. The van der Waals surface area contributed by atoms with Crippen LogP contribution in [-0.4, -0.2) is 54.0 Å². The molecule has 3 rings (SSSR count). The maximum atomic E-state index is 13.2. The average Bonchev–Trinajstić information content (AvgIpc) is 3.22. The molecule has 0 spiro atoms. The minimum Gasteiger partial charge on any atom is -0.302 e. The van der Waals surface area contributed by atoms with Crippen LogP contribution in [0.25, 0.3) is 10.2 Å². The van der Waals surface area contributed by atoms with Gasteiger partial charge in [0.1, 0.15) is 5.82 Å². The molecule has 0 aliphatic heterocycles. The molecule has 0 saturated carbocycles. The number of para-hydroxylation sites is 1. The van der Waals surface area contributed by atoms with Crippen LogP contribution in [-0.2, 0) is 4.79 Å². The molecule has 2 aromatic carbocycles. The third kappa shape index (κ3) is 7.09. The predicted molar refractivity (Wildman–Crippen MR) is 141 cm³/mol. The van der Waals surface area contributed by atoms with Gasteiger partial charge in [0.15, 0.2) is 5.13 Å². The number of thiazole rings is 1. The summed E-state index contributed by atoms with van der Waals surface area (Å²) in [5, 5.41) is 0.764. The van der Waals surface area contributed by atoms with Gasteiger partial charge < -0.3 is 4.90 Å². The van der Waals surface area contributed by atoms with E-state index in [4.69, 9.17) is 4.98 Å². The maximum Gasteiger partial charge on any atom is 0.229 e. The van der Waals surface area contributed by atoms with Crippen molar-refractivity contribution in [3.63, 3.8) is 0 Å². The number of rotatable bonds is 11. The molecule has 0 saturated heterocycles. The van der Waals surface area contributed by atoms with E-state index in [0.29, 0.717) is 18.7 Å². The van der Waals surface area contributed by atoms with Crippen molar-refractivity contribution in [1.29, 1.82) is 0 Å². The van der Waals surface area contributed by atoms with Gasteiger partial charge in [0.25, 0.3) is 0 Å². The zero-order valence-electron chi connectivity index (χ0n) is 18.5. The summed E-state index contributed by atoms with van der Waals surface area (Å²) in [4.78, 5) is 24.3. The molecule has 0 atom stereocenters. The topological polar surface area (TPSA) is 36.4 Å². The van der Waals surface area contributed by atoms with Gasteiger partial charge in [0.05, 0.1) is 10.2 Å². The third-order valence-corrected chi connectivity index (χ3v) is 7.88. The van der Waals surface area contributed by atoms with E-state index in [1.54, 1.807) is 47.0 Å². The summed E-state index contributed by atoms with van der Waals surface area (Å²) in [6.45, 7) is 7.62. The van der Waals surface area contributed by atoms with Gasteiger partial charge in [-0.2, -0.15) is 0 Å². The first-order valence-electron chi connectivity index (χ1n) is 10.4. The van der Waals surface area contributed by atoms with Crippen molar-refractivity contribution in [2.75, 3.05) is 43.1 Å². The molecule has 0 aliphatic carbocycles. The van der Waals surface area contributed by atoms with Crippen molar-refractivity contribution < 1.29 is 9.18 Å². The van der Waals surface area contributed by atoms with Crippen LogP contribution >= 0.6 is 47.3 Å². The van der Waals surface area contributed by atoms with Crippen molar-refractivity contribution in [2.24, 2.45) is 0 Å². The Balaban J connectivity index is 0.00000363. The number of aromatic nitrogens is 1. The number of benzene rings is 2. The highest BCUT2D eigenvalue weighted by Gasteiger charge is 2.21. The Morgan fingerprint density at radius 1 is 1.09 bits per heavy atom. The average molecular weight is 514 g/mol. The zero-order chi connectivity index (χ0) is 22.2. The Labute approximate surface area is 208 Å². The van der Waals surface area contributed by atoms with Crippen LogP contribution in [0, 0.1) is 5.82 Å². The predicted octanol–water partition coefficient (Wildman–Crippen LogP) is 6.44. The van der Waals surface area contributed by atoms with Gasteiger partial charge in [0.2, 0.25) is 5.91 Å². The zero-order valence-corrected chi connectivity index (χ0v) is 21.8. The number of hydrogen-bond acceptors (Lipinski definition) is 6. The smallest absolute Gasteiger partial charge is 0.229 e. The van der Waals surface area contributed by atoms with Crippen molar-refractivity contribution in [3.05, 3.63) is 48.3 Å². The number of nitrogens with zero attached hydrogens (tertiary/aromatic N) is 3. The lowest BCUT2D eigenvalue weighted by molar-refractivity contribution is -0.118. The lowest BCUT2D eigenvalue weighted by Crippen LogP contribution is -2.39. The molecular formula is C23H29ClFN3OS3. The summed E-state index contributed by atoms with van der Waals surface area (Å²) in [7, 11) is 0. The largest absolute Gasteiger partial charge is 0.302 e. The Kier molecular flexibility index (Phi) is 11.3. The summed E-state index contributed by atoms with van der Waals surface area (Å²) >= 11 is 4.82. The van der Waals surface area contributed by atoms with Crippen molar-refractivity contribution >= 4 is 68.5 Å². The lowest BCUT2D eigenvalue weighted by atomic mass is 10.3. The van der Waals surface area contributed by atoms with Crippen LogP contribution in [0.2, 0.25) is 0 Å². The third-order valence-electron chi connectivity index (χ3n) is 5.06.